The average Bonchev–Trinajstić information content (AvgIpc) is 2.67. The highest BCUT2D eigenvalue weighted by Crippen LogP contribution is 2.19. The summed E-state index contributed by atoms with van der Waals surface area (Å²) in [5.41, 5.74) is 2.87. The Morgan fingerprint density at radius 3 is 2.42 bits per heavy atom. The number of hydroxylamine groups is 1. The molecule has 0 aromatic heterocycles. The van der Waals surface area contributed by atoms with Crippen molar-refractivity contribution in [3.63, 3.8) is 0 Å². The quantitative estimate of drug-likeness (QED) is 0.614. The summed E-state index contributed by atoms with van der Waals surface area (Å²) in [6.45, 7) is 4.03. The fraction of sp³-hybridized carbons (Fsp3) is 1.00. The third-order valence-electron chi connectivity index (χ3n) is 1.72. The zero-order chi connectivity index (χ0) is 8.32. The summed E-state index contributed by atoms with van der Waals surface area (Å²) in [7, 11) is 4.12. The Balaban J connectivity index is 0.00000121. The summed E-state index contributed by atoms with van der Waals surface area (Å²) in [6.07, 6.45) is 0.980. The van der Waals surface area contributed by atoms with Gasteiger partial charge in [-0.1, -0.05) is 6.92 Å². The van der Waals surface area contributed by atoms with Crippen LogP contribution in [0.2, 0.25) is 0 Å². The highest BCUT2D eigenvalue weighted by atomic mass is 35.5. The second kappa shape index (κ2) is 4.99. The van der Waals surface area contributed by atoms with E-state index in [0.717, 1.165) is 19.5 Å². The maximum Gasteiger partial charge on any atom is 0.216 e. The van der Waals surface area contributed by atoms with Gasteiger partial charge in [0.1, 0.15) is 0 Å². The Hall–Kier alpha value is 0.130. The van der Waals surface area contributed by atoms with Crippen molar-refractivity contribution in [3.8, 4) is 0 Å². The summed E-state index contributed by atoms with van der Waals surface area (Å²) >= 11 is 0. The van der Waals surface area contributed by atoms with Crippen molar-refractivity contribution in [1.82, 2.24) is 15.7 Å². The minimum atomic E-state index is -0.209. The van der Waals surface area contributed by atoms with E-state index in [1.807, 2.05) is 0 Å². The minimum Gasteiger partial charge on any atom is -0.309 e. The molecular formula is C7H18ClN3O. The van der Waals surface area contributed by atoms with E-state index >= 15 is 0 Å². The van der Waals surface area contributed by atoms with Gasteiger partial charge < -0.3 is 4.90 Å². The Kier molecular flexibility index (Phi) is 5.04. The van der Waals surface area contributed by atoms with Gasteiger partial charge in [-0.15, -0.1) is 12.4 Å². The van der Waals surface area contributed by atoms with Gasteiger partial charge in [0.05, 0.1) is 0 Å². The van der Waals surface area contributed by atoms with E-state index in [4.69, 9.17) is 4.84 Å². The lowest BCUT2D eigenvalue weighted by molar-refractivity contribution is 0.219. The zero-order valence-corrected chi connectivity index (χ0v) is 8.70. The zero-order valence-electron chi connectivity index (χ0n) is 7.89. The van der Waals surface area contributed by atoms with Crippen LogP contribution in [0.5, 0.6) is 0 Å². The van der Waals surface area contributed by atoms with Gasteiger partial charge in [-0.05, 0) is 20.6 Å². The summed E-state index contributed by atoms with van der Waals surface area (Å²) in [5.74, 6) is -0.209. The van der Waals surface area contributed by atoms with E-state index in [1.165, 1.54) is 0 Å². The molecule has 0 aromatic carbocycles. The predicted octanol–water partition coefficient (Wildman–Crippen LogP) is 0.158. The number of hydrogen-bond donors (Lipinski definition) is 2. The van der Waals surface area contributed by atoms with Gasteiger partial charge >= 0.3 is 0 Å². The van der Waals surface area contributed by atoms with Crippen LogP contribution >= 0.6 is 12.4 Å². The molecule has 0 aliphatic carbocycles. The van der Waals surface area contributed by atoms with Crippen LogP contribution in [-0.2, 0) is 4.84 Å². The van der Waals surface area contributed by atoms with Gasteiger partial charge in [0.15, 0.2) is 0 Å². The maximum atomic E-state index is 5.10. The van der Waals surface area contributed by atoms with Crippen LogP contribution in [0.4, 0.5) is 0 Å². The third kappa shape index (κ3) is 3.69. The van der Waals surface area contributed by atoms with Crippen molar-refractivity contribution < 1.29 is 4.84 Å². The second-order valence-corrected chi connectivity index (χ2v) is 3.11. The van der Waals surface area contributed by atoms with Crippen LogP contribution in [-0.4, -0.2) is 37.9 Å². The molecule has 0 amide bonds. The topological polar surface area (TPSA) is 49.7 Å². The molecular weight excluding hydrogens is 178 g/mol. The lowest BCUT2D eigenvalue weighted by atomic mass is 10.3. The number of nitrogens with zero attached hydrogens (tertiary/aromatic N) is 1. The molecule has 12 heavy (non-hydrogen) atoms. The standard InChI is InChI=1S/C7H17N3O.ClH/c1-4-8-7(9-11-7)5-6-10(2)3;/h8-9H,4-6H2,1-3H3;1H. The first-order valence-corrected chi connectivity index (χ1v) is 4.03. The lowest BCUT2D eigenvalue weighted by Gasteiger charge is -2.13. The molecule has 4 nitrogen and oxygen atoms in total. The number of hydrogen-bond acceptors (Lipinski definition) is 4. The summed E-state index contributed by atoms with van der Waals surface area (Å²) < 4.78 is 0. The molecule has 1 aliphatic rings. The van der Waals surface area contributed by atoms with E-state index in [0.29, 0.717) is 0 Å². The molecule has 5 heteroatoms. The van der Waals surface area contributed by atoms with Crippen LogP contribution in [0, 0.1) is 0 Å². The van der Waals surface area contributed by atoms with E-state index in [1.54, 1.807) is 0 Å². The van der Waals surface area contributed by atoms with Crippen molar-refractivity contribution in [2.45, 2.75) is 19.2 Å². The van der Waals surface area contributed by atoms with Gasteiger partial charge in [-0.2, -0.15) is 5.48 Å². The molecule has 0 saturated carbocycles. The van der Waals surface area contributed by atoms with Crippen molar-refractivity contribution in [3.05, 3.63) is 0 Å². The number of halogens is 1. The first-order valence-electron chi connectivity index (χ1n) is 4.03. The van der Waals surface area contributed by atoms with Gasteiger partial charge in [0.2, 0.25) is 5.85 Å². The van der Waals surface area contributed by atoms with Crippen LogP contribution in [0.3, 0.4) is 0 Å². The lowest BCUT2D eigenvalue weighted by Crippen LogP contribution is -2.38. The molecule has 1 heterocycles. The van der Waals surface area contributed by atoms with E-state index in [2.05, 4.69) is 36.7 Å². The highest BCUT2D eigenvalue weighted by Gasteiger charge is 2.43. The van der Waals surface area contributed by atoms with Crippen molar-refractivity contribution in [2.24, 2.45) is 0 Å². The monoisotopic (exact) mass is 195 g/mol. The Bertz CT molecular complexity index is 128. The summed E-state index contributed by atoms with van der Waals surface area (Å²) in [5, 5.41) is 3.23. The Labute approximate surface area is 80.0 Å². The third-order valence-corrected chi connectivity index (χ3v) is 1.72. The number of nitrogens with one attached hydrogen (secondary N) is 2. The molecule has 0 aromatic rings. The summed E-state index contributed by atoms with van der Waals surface area (Å²) in [4.78, 5) is 7.24. The largest absolute Gasteiger partial charge is 0.309 e. The molecule has 0 spiro atoms. The molecule has 1 fully saturated rings. The van der Waals surface area contributed by atoms with Crippen molar-refractivity contribution in [2.75, 3.05) is 27.2 Å². The molecule has 1 aliphatic heterocycles. The van der Waals surface area contributed by atoms with E-state index in [9.17, 15) is 0 Å². The highest BCUT2D eigenvalue weighted by molar-refractivity contribution is 5.85. The van der Waals surface area contributed by atoms with E-state index in [-0.39, 0.29) is 18.3 Å². The minimum absolute atomic E-state index is 0. The van der Waals surface area contributed by atoms with Gasteiger partial charge in [-0.3, -0.25) is 10.2 Å². The fourth-order valence-electron chi connectivity index (χ4n) is 0.991. The van der Waals surface area contributed by atoms with Gasteiger partial charge in [0, 0.05) is 13.0 Å². The normalized spacial score (nSPS) is 27.0. The second-order valence-electron chi connectivity index (χ2n) is 3.11. The van der Waals surface area contributed by atoms with Crippen molar-refractivity contribution in [1.29, 1.82) is 0 Å². The van der Waals surface area contributed by atoms with E-state index < -0.39 is 0 Å². The molecule has 1 atom stereocenters. The van der Waals surface area contributed by atoms with Crippen LogP contribution < -0.4 is 10.8 Å². The first-order chi connectivity index (χ1) is 5.18. The maximum absolute atomic E-state index is 5.10. The smallest absolute Gasteiger partial charge is 0.216 e. The predicted molar refractivity (Wildman–Crippen MR) is 51.0 cm³/mol. The van der Waals surface area contributed by atoms with Crippen LogP contribution in [0.15, 0.2) is 0 Å². The summed E-state index contributed by atoms with van der Waals surface area (Å²) in [6, 6.07) is 0. The van der Waals surface area contributed by atoms with Gasteiger partial charge in [0.25, 0.3) is 0 Å². The van der Waals surface area contributed by atoms with Gasteiger partial charge in [-0.25, -0.2) is 0 Å². The number of rotatable bonds is 5. The van der Waals surface area contributed by atoms with Crippen molar-refractivity contribution >= 4 is 12.4 Å². The molecule has 2 N–H and O–H groups in total. The molecule has 1 saturated heterocycles. The molecule has 74 valence electrons. The first kappa shape index (κ1) is 12.1. The fourth-order valence-corrected chi connectivity index (χ4v) is 0.991. The molecule has 1 rings (SSSR count). The molecule has 0 radical (unpaired) electrons. The van der Waals surface area contributed by atoms with Crippen LogP contribution in [0.1, 0.15) is 13.3 Å². The Morgan fingerprint density at radius 1 is 1.50 bits per heavy atom. The molecule has 0 bridgehead atoms. The molecule has 1 unspecified atom stereocenters. The SMILES string of the molecule is CCNC1(CCN(C)C)NO1.Cl. The average molecular weight is 196 g/mol. The Morgan fingerprint density at radius 2 is 2.08 bits per heavy atom. The van der Waals surface area contributed by atoms with Crippen LogP contribution in [0.25, 0.3) is 0 Å².